The van der Waals surface area contributed by atoms with E-state index in [2.05, 4.69) is 10.4 Å². The number of Topliss-reactive ketones (excluding diaryl/α,β-unsaturated/α-hetero) is 1. The van der Waals surface area contributed by atoms with Gasteiger partial charge in [0.25, 0.3) is 0 Å². The molecule has 1 saturated heterocycles. The van der Waals surface area contributed by atoms with Gasteiger partial charge in [-0.2, -0.15) is 0 Å². The number of hydrazine groups is 1. The smallest absolute Gasteiger partial charge is 0.153 e. The van der Waals surface area contributed by atoms with E-state index in [1.54, 1.807) is 0 Å². The van der Waals surface area contributed by atoms with Gasteiger partial charge in [-0.1, -0.05) is 13.8 Å². The van der Waals surface area contributed by atoms with Gasteiger partial charge in [0, 0.05) is 12.5 Å². The highest BCUT2D eigenvalue weighted by atomic mass is 16.1. The number of nitrogens with one attached hydrogen (secondary N) is 1. The molecule has 2 fully saturated rings. The van der Waals surface area contributed by atoms with Crippen molar-refractivity contribution in [1.29, 1.82) is 0 Å². The summed E-state index contributed by atoms with van der Waals surface area (Å²) in [7, 11) is 1.92. The van der Waals surface area contributed by atoms with Crippen molar-refractivity contribution in [2.45, 2.75) is 39.2 Å². The van der Waals surface area contributed by atoms with E-state index in [1.165, 1.54) is 12.8 Å². The average Bonchev–Trinajstić information content (AvgIpc) is 2.77. The van der Waals surface area contributed by atoms with Gasteiger partial charge in [0.05, 0.1) is 6.04 Å². The summed E-state index contributed by atoms with van der Waals surface area (Å²) in [5.41, 5.74) is 3.66. The minimum atomic E-state index is 0.127. The Hall–Kier alpha value is -0.410. The maximum absolute atomic E-state index is 11.9. The van der Waals surface area contributed by atoms with E-state index in [1.807, 2.05) is 20.9 Å². The molecular weight excluding hydrogens is 176 g/mol. The first-order valence-corrected chi connectivity index (χ1v) is 5.56. The molecule has 0 aromatic heterocycles. The first-order chi connectivity index (χ1) is 6.58. The molecule has 1 atom stereocenters. The Morgan fingerprint density at radius 3 is 2.57 bits per heavy atom. The maximum atomic E-state index is 11.9. The monoisotopic (exact) mass is 196 g/mol. The van der Waals surface area contributed by atoms with Crippen LogP contribution in [0.5, 0.6) is 0 Å². The normalized spacial score (nSPS) is 30.1. The minimum Gasteiger partial charge on any atom is -0.298 e. The van der Waals surface area contributed by atoms with Crippen LogP contribution in [0.2, 0.25) is 0 Å². The molecule has 1 heterocycles. The SMILES string of the molecule is CNN1CC2(CC2)CC1C(=O)C(C)C. The van der Waals surface area contributed by atoms with Crippen LogP contribution in [0.25, 0.3) is 0 Å². The lowest BCUT2D eigenvalue weighted by Gasteiger charge is -2.23. The van der Waals surface area contributed by atoms with Crippen molar-refractivity contribution in [3.8, 4) is 0 Å². The van der Waals surface area contributed by atoms with Gasteiger partial charge in [0.1, 0.15) is 0 Å². The predicted octanol–water partition coefficient (Wildman–Crippen LogP) is 1.20. The van der Waals surface area contributed by atoms with Crippen molar-refractivity contribution in [3.05, 3.63) is 0 Å². The zero-order chi connectivity index (χ0) is 10.3. The van der Waals surface area contributed by atoms with E-state index in [0.29, 0.717) is 11.2 Å². The Kier molecular flexibility index (Phi) is 2.40. The number of rotatable bonds is 3. The number of hydrogen-bond donors (Lipinski definition) is 1. The van der Waals surface area contributed by atoms with Gasteiger partial charge in [0.15, 0.2) is 5.78 Å². The number of carbonyl (C=O) groups excluding carboxylic acids is 1. The van der Waals surface area contributed by atoms with Crippen molar-refractivity contribution in [1.82, 2.24) is 10.4 Å². The fourth-order valence-corrected chi connectivity index (χ4v) is 2.47. The van der Waals surface area contributed by atoms with Crippen molar-refractivity contribution < 1.29 is 4.79 Å². The summed E-state index contributed by atoms with van der Waals surface area (Å²) in [5, 5.41) is 2.13. The summed E-state index contributed by atoms with van der Waals surface area (Å²) < 4.78 is 0. The zero-order valence-electron chi connectivity index (χ0n) is 9.34. The van der Waals surface area contributed by atoms with E-state index < -0.39 is 0 Å². The molecule has 0 aromatic carbocycles. The van der Waals surface area contributed by atoms with Crippen LogP contribution < -0.4 is 5.43 Å². The molecule has 14 heavy (non-hydrogen) atoms. The van der Waals surface area contributed by atoms with Gasteiger partial charge in [-0.05, 0) is 31.7 Å². The Balaban J connectivity index is 2.06. The summed E-state index contributed by atoms with van der Waals surface area (Å²) in [4.78, 5) is 11.9. The Bertz CT molecular complexity index is 246. The molecule has 0 radical (unpaired) electrons. The molecule has 1 unspecified atom stereocenters. The number of hydrogen-bond acceptors (Lipinski definition) is 3. The van der Waals surface area contributed by atoms with Crippen LogP contribution in [-0.2, 0) is 4.79 Å². The zero-order valence-corrected chi connectivity index (χ0v) is 9.34. The van der Waals surface area contributed by atoms with Gasteiger partial charge < -0.3 is 0 Å². The molecule has 2 rings (SSSR count). The highest BCUT2D eigenvalue weighted by molar-refractivity contribution is 5.86. The van der Waals surface area contributed by atoms with Gasteiger partial charge in [0.2, 0.25) is 0 Å². The van der Waals surface area contributed by atoms with Gasteiger partial charge >= 0.3 is 0 Å². The van der Waals surface area contributed by atoms with Crippen LogP contribution in [0, 0.1) is 11.3 Å². The van der Waals surface area contributed by atoms with E-state index in [-0.39, 0.29) is 12.0 Å². The summed E-state index contributed by atoms with van der Waals surface area (Å²) in [6, 6.07) is 0.127. The molecule has 1 saturated carbocycles. The highest BCUT2D eigenvalue weighted by Gasteiger charge is 2.53. The Morgan fingerprint density at radius 1 is 1.50 bits per heavy atom. The predicted molar refractivity (Wildman–Crippen MR) is 55.7 cm³/mol. The van der Waals surface area contributed by atoms with Crippen molar-refractivity contribution in [2.24, 2.45) is 11.3 Å². The molecular formula is C11H20N2O. The molecule has 1 aliphatic carbocycles. The molecule has 1 spiro atoms. The summed E-state index contributed by atoms with van der Waals surface area (Å²) >= 11 is 0. The molecule has 80 valence electrons. The Morgan fingerprint density at radius 2 is 2.14 bits per heavy atom. The number of ketones is 1. The van der Waals surface area contributed by atoms with Crippen LogP contribution in [0.4, 0.5) is 0 Å². The summed E-state index contributed by atoms with van der Waals surface area (Å²) in [6.07, 6.45) is 3.70. The van der Waals surface area contributed by atoms with Gasteiger partial charge in [-0.15, -0.1) is 0 Å². The van der Waals surface area contributed by atoms with Crippen LogP contribution >= 0.6 is 0 Å². The summed E-state index contributed by atoms with van der Waals surface area (Å²) in [6.45, 7) is 5.05. The molecule has 3 nitrogen and oxygen atoms in total. The fourth-order valence-electron chi connectivity index (χ4n) is 2.47. The van der Waals surface area contributed by atoms with Gasteiger partial charge in [-0.25, -0.2) is 5.01 Å². The molecule has 1 aliphatic heterocycles. The lowest BCUT2D eigenvalue weighted by atomic mass is 9.95. The van der Waals surface area contributed by atoms with Gasteiger partial charge in [-0.3, -0.25) is 10.2 Å². The molecule has 2 aliphatic rings. The third-order valence-electron chi connectivity index (χ3n) is 3.65. The van der Waals surface area contributed by atoms with Crippen LogP contribution in [0.3, 0.4) is 0 Å². The number of carbonyl (C=O) groups is 1. The molecule has 0 amide bonds. The fraction of sp³-hybridized carbons (Fsp3) is 0.909. The van der Waals surface area contributed by atoms with E-state index >= 15 is 0 Å². The molecule has 1 N–H and O–H groups in total. The summed E-state index contributed by atoms with van der Waals surface area (Å²) in [5.74, 6) is 0.549. The van der Waals surface area contributed by atoms with Crippen molar-refractivity contribution >= 4 is 5.78 Å². The molecule has 0 bridgehead atoms. The maximum Gasteiger partial charge on any atom is 0.153 e. The second kappa shape index (κ2) is 3.31. The first kappa shape index (κ1) is 10.1. The largest absolute Gasteiger partial charge is 0.298 e. The van der Waals surface area contributed by atoms with Crippen LogP contribution in [0.1, 0.15) is 33.1 Å². The quantitative estimate of drug-likeness (QED) is 0.736. The van der Waals surface area contributed by atoms with E-state index in [9.17, 15) is 4.79 Å². The standard InChI is InChI=1S/C11H20N2O/c1-8(2)10(14)9-6-11(4-5-11)7-13(9)12-3/h8-9,12H,4-7H2,1-3H3. The third kappa shape index (κ3) is 1.59. The minimum absolute atomic E-state index is 0.127. The number of nitrogens with zero attached hydrogens (tertiary/aromatic N) is 1. The molecule has 0 aromatic rings. The third-order valence-corrected chi connectivity index (χ3v) is 3.65. The first-order valence-electron chi connectivity index (χ1n) is 5.56. The lowest BCUT2D eigenvalue weighted by Crippen LogP contribution is -2.45. The average molecular weight is 196 g/mol. The van der Waals surface area contributed by atoms with Crippen molar-refractivity contribution in [3.63, 3.8) is 0 Å². The van der Waals surface area contributed by atoms with Crippen LogP contribution in [-0.4, -0.2) is 30.4 Å². The lowest BCUT2D eigenvalue weighted by molar-refractivity contribution is -0.127. The highest BCUT2D eigenvalue weighted by Crippen LogP contribution is 2.54. The van der Waals surface area contributed by atoms with E-state index in [4.69, 9.17) is 0 Å². The van der Waals surface area contributed by atoms with E-state index in [0.717, 1.165) is 13.0 Å². The second-order valence-corrected chi connectivity index (χ2v) is 5.13. The van der Waals surface area contributed by atoms with Crippen molar-refractivity contribution in [2.75, 3.05) is 13.6 Å². The Labute approximate surface area is 85.8 Å². The second-order valence-electron chi connectivity index (χ2n) is 5.13. The topological polar surface area (TPSA) is 32.3 Å². The molecule has 3 heteroatoms. The van der Waals surface area contributed by atoms with Crippen LogP contribution in [0.15, 0.2) is 0 Å².